The number of carbonyl (C=O) groups excluding carboxylic acids is 1. The van der Waals surface area contributed by atoms with Crippen LogP contribution in [-0.2, 0) is 17.6 Å². The minimum Gasteiger partial charge on any atom is -0.299 e. The number of nitro groups is 1. The van der Waals surface area contributed by atoms with E-state index < -0.39 is 11.0 Å². The van der Waals surface area contributed by atoms with Gasteiger partial charge in [0.25, 0.3) is 5.91 Å². The van der Waals surface area contributed by atoms with Gasteiger partial charge >= 0.3 is 5.69 Å². The van der Waals surface area contributed by atoms with Gasteiger partial charge in [-0.2, -0.15) is 5.10 Å². The Bertz CT molecular complexity index is 908. The lowest BCUT2D eigenvalue weighted by molar-refractivity contribution is -0.385. The third kappa shape index (κ3) is 4.28. The highest BCUT2D eigenvalue weighted by molar-refractivity contribution is 7.15. The van der Waals surface area contributed by atoms with Crippen molar-refractivity contribution in [2.75, 3.05) is 5.32 Å². The van der Waals surface area contributed by atoms with Crippen LogP contribution >= 0.6 is 11.3 Å². The van der Waals surface area contributed by atoms with E-state index in [0.717, 1.165) is 24.0 Å². The zero-order valence-corrected chi connectivity index (χ0v) is 14.7. The SMILES string of the molecule is C[C@@H](C(=O)Nc1nnc(CCc2ccccc2)s1)n1cc([N+](=O)[O-])cn1. The zero-order chi connectivity index (χ0) is 18.5. The highest BCUT2D eigenvalue weighted by Gasteiger charge is 2.20. The fourth-order valence-corrected chi connectivity index (χ4v) is 3.01. The van der Waals surface area contributed by atoms with Crippen LogP contribution in [-0.4, -0.2) is 30.8 Å². The molecule has 0 aliphatic carbocycles. The number of nitrogens with one attached hydrogen (secondary N) is 1. The molecule has 2 aromatic heterocycles. The summed E-state index contributed by atoms with van der Waals surface area (Å²) in [5.41, 5.74) is 1.05. The highest BCUT2D eigenvalue weighted by atomic mass is 32.1. The number of anilines is 1. The van der Waals surface area contributed by atoms with Crippen LogP contribution in [0.2, 0.25) is 0 Å². The summed E-state index contributed by atoms with van der Waals surface area (Å²) in [5, 5.41) is 26.5. The summed E-state index contributed by atoms with van der Waals surface area (Å²) < 4.78 is 1.24. The molecule has 2 heterocycles. The normalized spacial score (nSPS) is 11.9. The molecule has 0 saturated heterocycles. The molecule has 10 heteroatoms. The Hall–Kier alpha value is -3.14. The van der Waals surface area contributed by atoms with E-state index >= 15 is 0 Å². The Labute approximate surface area is 152 Å². The van der Waals surface area contributed by atoms with Crippen LogP contribution in [0.4, 0.5) is 10.8 Å². The maximum absolute atomic E-state index is 12.3. The predicted octanol–water partition coefficient (Wildman–Crippen LogP) is 2.63. The molecule has 1 N–H and O–H groups in total. The second-order valence-electron chi connectivity index (χ2n) is 5.59. The maximum Gasteiger partial charge on any atom is 0.307 e. The first-order valence-corrected chi connectivity index (χ1v) is 8.70. The largest absolute Gasteiger partial charge is 0.307 e. The van der Waals surface area contributed by atoms with E-state index in [1.165, 1.54) is 27.8 Å². The van der Waals surface area contributed by atoms with Gasteiger partial charge in [-0.3, -0.25) is 24.9 Å². The summed E-state index contributed by atoms with van der Waals surface area (Å²) in [5.74, 6) is -0.367. The molecule has 0 aliphatic heterocycles. The molecule has 0 aliphatic rings. The van der Waals surface area contributed by atoms with Crippen LogP contribution < -0.4 is 5.32 Å². The van der Waals surface area contributed by atoms with E-state index in [-0.39, 0.29) is 11.6 Å². The van der Waals surface area contributed by atoms with Gasteiger partial charge in [-0.15, -0.1) is 10.2 Å². The summed E-state index contributed by atoms with van der Waals surface area (Å²) in [7, 11) is 0. The van der Waals surface area contributed by atoms with Gasteiger partial charge in [-0.05, 0) is 18.9 Å². The van der Waals surface area contributed by atoms with Gasteiger partial charge in [-0.1, -0.05) is 41.7 Å². The molecule has 1 aromatic carbocycles. The van der Waals surface area contributed by atoms with Crippen molar-refractivity contribution in [3.05, 3.63) is 63.4 Å². The number of benzene rings is 1. The zero-order valence-electron chi connectivity index (χ0n) is 13.9. The first kappa shape index (κ1) is 17.7. The first-order valence-electron chi connectivity index (χ1n) is 7.88. The Morgan fingerprint density at radius 2 is 2.08 bits per heavy atom. The van der Waals surface area contributed by atoms with Crippen molar-refractivity contribution in [1.82, 2.24) is 20.0 Å². The summed E-state index contributed by atoms with van der Waals surface area (Å²) in [6, 6.07) is 9.34. The molecular weight excluding hydrogens is 356 g/mol. The number of carbonyl (C=O) groups is 1. The molecule has 9 nitrogen and oxygen atoms in total. The summed E-state index contributed by atoms with van der Waals surface area (Å²) in [6.45, 7) is 1.60. The molecule has 3 rings (SSSR count). The fraction of sp³-hybridized carbons (Fsp3) is 0.250. The van der Waals surface area contributed by atoms with Gasteiger partial charge in [0.15, 0.2) is 0 Å². The molecule has 0 saturated carbocycles. The average molecular weight is 372 g/mol. The van der Waals surface area contributed by atoms with Crippen LogP contribution in [0, 0.1) is 10.1 Å². The van der Waals surface area contributed by atoms with E-state index in [9.17, 15) is 14.9 Å². The van der Waals surface area contributed by atoms with Crippen LogP contribution in [0.3, 0.4) is 0 Å². The van der Waals surface area contributed by atoms with Gasteiger partial charge in [-0.25, -0.2) is 0 Å². The molecule has 26 heavy (non-hydrogen) atoms. The predicted molar refractivity (Wildman–Crippen MR) is 96.0 cm³/mol. The molecule has 134 valence electrons. The Balaban J connectivity index is 1.57. The minimum atomic E-state index is -0.708. The first-order chi connectivity index (χ1) is 12.5. The van der Waals surface area contributed by atoms with Crippen molar-refractivity contribution in [2.45, 2.75) is 25.8 Å². The average Bonchev–Trinajstić information content (AvgIpc) is 3.30. The topological polar surface area (TPSA) is 116 Å². The second-order valence-corrected chi connectivity index (χ2v) is 6.65. The number of aromatic nitrogens is 4. The lowest BCUT2D eigenvalue weighted by Gasteiger charge is -2.09. The van der Waals surface area contributed by atoms with Crippen molar-refractivity contribution < 1.29 is 9.72 Å². The lowest BCUT2D eigenvalue weighted by atomic mass is 10.1. The number of hydrogen-bond donors (Lipinski definition) is 1. The number of nitrogens with zero attached hydrogens (tertiary/aromatic N) is 5. The Morgan fingerprint density at radius 1 is 1.31 bits per heavy atom. The Kier molecular flexibility index (Phi) is 5.32. The quantitative estimate of drug-likeness (QED) is 0.503. The second kappa shape index (κ2) is 7.83. The van der Waals surface area contributed by atoms with Crippen LogP contribution in [0.15, 0.2) is 42.7 Å². The van der Waals surface area contributed by atoms with Gasteiger partial charge in [0.05, 0.1) is 4.92 Å². The summed E-state index contributed by atoms with van der Waals surface area (Å²) in [4.78, 5) is 22.4. The third-order valence-corrected chi connectivity index (χ3v) is 4.64. The van der Waals surface area contributed by atoms with Crippen molar-refractivity contribution in [3.63, 3.8) is 0 Å². The van der Waals surface area contributed by atoms with Crippen molar-refractivity contribution >= 4 is 28.1 Å². The van der Waals surface area contributed by atoms with Gasteiger partial charge in [0, 0.05) is 6.42 Å². The Morgan fingerprint density at radius 3 is 2.77 bits per heavy atom. The molecule has 0 radical (unpaired) electrons. The molecule has 0 bridgehead atoms. The lowest BCUT2D eigenvalue weighted by Crippen LogP contribution is -2.23. The molecule has 0 spiro atoms. The van der Waals surface area contributed by atoms with E-state index in [1.54, 1.807) is 6.92 Å². The van der Waals surface area contributed by atoms with Gasteiger partial charge in [0.2, 0.25) is 5.13 Å². The van der Waals surface area contributed by atoms with Crippen LogP contribution in [0.1, 0.15) is 23.5 Å². The molecule has 1 amide bonds. The standard InChI is InChI=1S/C16H16N6O3S/c1-11(21-10-13(9-17-21)22(24)25)15(23)18-16-20-19-14(26-16)8-7-12-5-3-2-4-6-12/h2-6,9-11H,7-8H2,1H3,(H,18,20,23)/t11-/m0/s1. The van der Waals surface area contributed by atoms with Crippen LogP contribution in [0.5, 0.6) is 0 Å². The third-order valence-electron chi connectivity index (χ3n) is 3.74. The minimum absolute atomic E-state index is 0.163. The molecule has 0 fully saturated rings. The summed E-state index contributed by atoms with van der Waals surface area (Å²) >= 11 is 1.31. The van der Waals surface area contributed by atoms with Crippen LogP contribution in [0.25, 0.3) is 0 Å². The fourth-order valence-electron chi connectivity index (χ4n) is 2.27. The number of amides is 1. The van der Waals surface area contributed by atoms with Gasteiger partial charge < -0.3 is 0 Å². The van der Waals surface area contributed by atoms with E-state index in [0.29, 0.717) is 5.13 Å². The number of aryl methyl sites for hydroxylation is 2. The molecular formula is C16H16N6O3S. The highest BCUT2D eigenvalue weighted by Crippen LogP contribution is 2.19. The van der Waals surface area contributed by atoms with Crippen molar-refractivity contribution in [1.29, 1.82) is 0 Å². The number of hydrogen-bond acceptors (Lipinski definition) is 7. The van der Waals surface area contributed by atoms with E-state index in [1.807, 2.05) is 18.2 Å². The molecule has 0 unspecified atom stereocenters. The maximum atomic E-state index is 12.3. The van der Waals surface area contributed by atoms with E-state index in [4.69, 9.17) is 0 Å². The summed E-state index contributed by atoms with van der Waals surface area (Å²) in [6.07, 6.45) is 3.90. The molecule has 3 aromatic rings. The van der Waals surface area contributed by atoms with Crippen molar-refractivity contribution in [3.8, 4) is 0 Å². The van der Waals surface area contributed by atoms with Gasteiger partial charge in [0.1, 0.15) is 23.4 Å². The smallest absolute Gasteiger partial charge is 0.299 e. The monoisotopic (exact) mass is 372 g/mol. The van der Waals surface area contributed by atoms with Crippen molar-refractivity contribution in [2.24, 2.45) is 0 Å². The van der Waals surface area contributed by atoms with E-state index in [2.05, 4.69) is 32.7 Å². The number of rotatable bonds is 7. The molecule has 1 atom stereocenters.